The molecule has 3 aromatic carbocycles. The van der Waals surface area contributed by atoms with E-state index in [9.17, 15) is 14.3 Å². The van der Waals surface area contributed by atoms with Crippen LogP contribution in [0.1, 0.15) is 17.2 Å². The second-order valence-corrected chi connectivity index (χ2v) is 5.69. The molecule has 0 spiro atoms. The molecule has 3 rings (SSSR count). The topological polar surface area (TPSA) is 49.3 Å². The summed E-state index contributed by atoms with van der Waals surface area (Å²) in [6.45, 7) is 0.133. The van der Waals surface area contributed by atoms with Gasteiger partial charge in [-0.2, -0.15) is 0 Å². The minimum atomic E-state index is -0.784. The summed E-state index contributed by atoms with van der Waals surface area (Å²) in [5, 5.41) is 15.2. The van der Waals surface area contributed by atoms with Gasteiger partial charge in [-0.1, -0.05) is 54.6 Å². The van der Waals surface area contributed by atoms with Gasteiger partial charge in [-0.15, -0.1) is 0 Å². The third-order valence-electron chi connectivity index (χ3n) is 3.95. The maximum absolute atomic E-state index is 12.9. The van der Waals surface area contributed by atoms with Gasteiger partial charge in [0.1, 0.15) is 5.82 Å². The van der Waals surface area contributed by atoms with Crippen molar-refractivity contribution < 1.29 is 14.3 Å². The number of aliphatic hydroxyl groups is 1. The van der Waals surface area contributed by atoms with E-state index < -0.39 is 6.10 Å². The summed E-state index contributed by atoms with van der Waals surface area (Å²) < 4.78 is 12.9. The number of hydrogen-bond donors (Lipinski definition) is 2. The standard InChI is InChI=1S/C20H18FNO2/c21-16-10-8-14(9-11-16)12-20(24)22-13-19(23)18-7-3-5-15-4-1-2-6-17(15)18/h1-11,19,23H,12-13H2,(H,22,24)/t19-/m1/s1. The smallest absolute Gasteiger partial charge is 0.224 e. The summed E-state index contributed by atoms with van der Waals surface area (Å²) in [6.07, 6.45) is -0.629. The van der Waals surface area contributed by atoms with Gasteiger partial charge in [-0.25, -0.2) is 4.39 Å². The number of carbonyl (C=O) groups excluding carboxylic acids is 1. The van der Waals surface area contributed by atoms with E-state index in [0.29, 0.717) is 0 Å². The fourth-order valence-electron chi connectivity index (χ4n) is 2.71. The molecule has 0 aliphatic carbocycles. The fraction of sp³-hybridized carbons (Fsp3) is 0.150. The van der Waals surface area contributed by atoms with Crippen molar-refractivity contribution in [1.29, 1.82) is 0 Å². The molecular weight excluding hydrogens is 305 g/mol. The summed E-state index contributed by atoms with van der Waals surface area (Å²) >= 11 is 0. The van der Waals surface area contributed by atoms with Crippen LogP contribution in [0.2, 0.25) is 0 Å². The van der Waals surface area contributed by atoms with E-state index in [0.717, 1.165) is 21.9 Å². The van der Waals surface area contributed by atoms with E-state index >= 15 is 0 Å². The molecule has 4 heteroatoms. The first-order chi connectivity index (χ1) is 11.6. The molecule has 1 atom stereocenters. The Kier molecular flexibility index (Phi) is 4.87. The summed E-state index contributed by atoms with van der Waals surface area (Å²) in [6, 6.07) is 19.4. The van der Waals surface area contributed by atoms with Gasteiger partial charge in [0.2, 0.25) is 5.91 Å². The highest BCUT2D eigenvalue weighted by molar-refractivity contribution is 5.86. The van der Waals surface area contributed by atoms with Crippen molar-refractivity contribution in [3.8, 4) is 0 Å². The number of benzene rings is 3. The van der Waals surface area contributed by atoms with E-state index in [1.807, 2.05) is 42.5 Å². The van der Waals surface area contributed by atoms with E-state index in [4.69, 9.17) is 0 Å². The van der Waals surface area contributed by atoms with Crippen LogP contribution in [0, 0.1) is 5.82 Å². The largest absolute Gasteiger partial charge is 0.387 e. The lowest BCUT2D eigenvalue weighted by Crippen LogP contribution is -2.29. The molecule has 0 radical (unpaired) electrons. The Hall–Kier alpha value is -2.72. The number of fused-ring (bicyclic) bond motifs is 1. The van der Waals surface area contributed by atoms with Gasteiger partial charge < -0.3 is 10.4 Å². The van der Waals surface area contributed by atoms with Crippen LogP contribution >= 0.6 is 0 Å². The van der Waals surface area contributed by atoms with Crippen molar-refractivity contribution in [2.24, 2.45) is 0 Å². The molecule has 0 aromatic heterocycles. The molecule has 1 amide bonds. The average molecular weight is 323 g/mol. The third kappa shape index (κ3) is 3.78. The van der Waals surface area contributed by atoms with Crippen molar-refractivity contribution >= 4 is 16.7 Å². The Morgan fingerprint density at radius 1 is 1.00 bits per heavy atom. The molecular formula is C20H18FNO2. The number of hydrogen-bond acceptors (Lipinski definition) is 2. The molecule has 3 aromatic rings. The van der Waals surface area contributed by atoms with Crippen LogP contribution < -0.4 is 5.32 Å². The minimum Gasteiger partial charge on any atom is -0.387 e. The zero-order valence-electron chi connectivity index (χ0n) is 13.1. The zero-order valence-corrected chi connectivity index (χ0v) is 13.1. The Bertz CT molecular complexity index is 840. The summed E-state index contributed by atoms with van der Waals surface area (Å²) in [5.74, 6) is -0.536. The second-order valence-electron chi connectivity index (χ2n) is 5.69. The van der Waals surface area contributed by atoms with Gasteiger partial charge >= 0.3 is 0 Å². The minimum absolute atomic E-state index is 0.133. The first-order valence-corrected chi connectivity index (χ1v) is 7.80. The Morgan fingerprint density at radius 2 is 1.71 bits per heavy atom. The molecule has 122 valence electrons. The van der Waals surface area contributed by atoms with Crippen LogP contribution in [0.15, 0.2) is 66.7 Å². The first kappa shape index (κ1) is 16.1. The molecule has 24 heavy (non-hydrogen) atoms. The highest BCUT2D eigenvalue weighted by Crippen LogP contribution is 2.23. The number of halogens is 1. The molecule has 2 N–H and O–H groups in total. The summed E-state index contributed by atoms with van der Waals surface area (Å²) in [5.41, 5.74) is 1.52. The van der Waals surface area contributed by atoms with E-state index in [1.54, 1.807) is 12.1 Å². The third-order valence-corrected chi connectivity index (χ3v) is 3.95. The maximum atomic E-state index is 12.9. The molecule has 0 aliphatic heterocycles. The van der Waals surface area contributed by atoms with Gasteiger partial charge in [-0.3, -0.25) is 4.79 Å². The summed E-state index contributed by atoms with van der Waals surface area (Å²) in [4.78, 5) is 12.0. The van der Waals surface area contributed by atoms with E-state index in [2.05, 4.69) is 5.32 Å². The van der Waals surface area contributed by atoms with Crippen molar-refractivity contribution in [2.45, 2.75) is 12.5 Å². The predicted molar refractivity (Wildman–Crippen MR) is 92.0 cm³/mol. The van der Waals surface area contributed by atoms with Gasteiger partial charge in [0.25, 0.3) is 0 Å². The summed E-state index contributed by atoms with van der Waals surface area (Å²) in [7, 11) is 0. The van der Waals surface area contributed by atoms with Crippen molar-refractivity contribution in [2.75, 3.05) is 6.54 Å². The number of aliphatic hydroxyl groups excluding tert-OH is 1. The number of rotatable bonds is 5. The fourth-order valence-corrected chi connectivity index (χ4v) is 2.71. The van der Waals surface area contributed by atoms with Gasteiger partial charge in [0, 0.05) is 6.54 Å². The highest BCUT2D eigenvalue weighted by atomic mass is 19.1. The van der Waals surface area contributed by atoms with E-state index in [-0.39, 0.29) is 24.7 Å². The van der Waals surface area contributed by atoms with Crippen LogP contribution in [0.4, 0.5) is 4.39 Å². The molecule has 0 heterocycles. The molecule has 0 bridgehead atoms. The highest BCUT2D eigenvalue weighted by Gasteiger charge is 2.12. The van der Waals surface area contributed by atoms with Crippen molar-refractivity contribution in [3.05, 3.63) is 83.7 Å². The molecule has 0 saturated heterocycles. The SMILES string of the molecule is O=C(Cc1ccc(F)cc1)NC[C@@H](O)c1cccc2ccccc12. The number of amides is 1. The Morgan fingerprint density at radius 3 is 2.50 bits per heavy atom. The van der Waals surface area contributed by atoms with Crippen LogP contribution in [-0.4, -0.2) is 17.6 Å². The van der Waals surface area contributed by atoms with Gasteiger partial charge in [-0.05, 0) is 34.0 Å². The molecule has 0 aliphatic rings. The first-order valence-electron chi connectivity index (χ1n) is 7.80. The quantitative estimate of drug-likeness (QED) is 0.756. The Balaban J connectivity index is 1.63. The Labute approximate surface area is 139 Å². The van der Waals surface area contributed by atoms with Crippen LogP contribution in [0.5, 0.6) is 0 Å². The lowest BCUT2D eigenvalue weighted by molar-refractivity contribution is -0.120. The zero-order chi connectivity index (χ0) is 16.9. The monoisotopic (exact) mass is 323 g/mol. The lowest BCUT2D eigenvalue weighted by Gasteiger charge is -2.15. The normalized spacial score (nSPS) is 12.1. The maximum Gasteiger partial charge on any atom is 0.224 e. The van der Waals surface area contributed by atoms with Crippen molar-refractivity contribution in [1.82, 2.24) is 5.32 Å². The number of nitrogens with one attached hydrogen (secondary N) is 1. The van der Waals surface area contributed by atoms with Crippen LogP contribution in [-0.2, 0) is 11.2 Å². The van der Waals surface area contributed by atoms with Crippen molar-refractivity contribution in [3.63, 3.8) is 0 Å². The average Bonchev–Trinajstić information content (AvgIpc) is 2.61. The second kappa shape index (κ2) is 7.23. The van der Waals surface area contributed by atoms with Crippen LogP contribution in [0.3, 0.4) is 0 Å². The van der Waals surface area contributed by atoms with Gasteiger partial charge in [0.05, 0.1) is 12.5 Å². The molecule has 0 unspecified atom stereocenters. The molecule has 0 fully saturated rings. The van der Waals surface area contributed by atoms with Crippen LogP contribution in [0.25, 0.3) is 10.8 Å². The van der Waals surface area contributed by atoms with Gasteiger partial charge in [0.15, 0.2) is 0 Å². The lowest BCUT2D eigenvalue weighted by atomic mass is 10.0. The molecule has 3 nitrogen and oxygen atoms in total. The van der Waals surface area contributed by atoms with E-state index in [1.165, 1.54) is 12.1 Å². The molecule has 0 saturated carbocycles. The predicted octanol–water partition coefficient (Wildman–Crippen LogP) is 3.37. The number of carbonyl (C=O) groups is 1.